The third-order valence-electron chi connectivity index (χ3n) is 3.23. The summed E-state index contributed by atoms with van der Waals surface area (Å²) in [5.41, 5.74) is 1.10. The minimum Gasteiger partial charge on any atom is -0.460 e. The average Bonchev–Trinajstić information content (AvgIpc) is 3.02. The van der Waals surface area contributed by atoms with E-state index in [0.717, 1.165) is 18.5 Å². The molecule has 0 radical (unpaired) electrons. The van der Waals surface area contributed by atoms with Gasteiger partial charge >= 0.3 is 0 Å². The van der Waals surface area contributed by atoms with Gasteiger partial charge in [0, 0.05) is 25.5 Å². The van der Waals surface area contributed by atoms with Crippen LogP contribution in [0.25, 0.3) is 0 Å². The molecular formula is C12H14N4O2. The van der Waals surface area contributed by atoms with Gasteiger partial charge in [0.15, 0.2) is 13.1 Å². The lowest BCUT2D eigenvalue weighted by Gasteiger charge is -2.20. The number of likely N-dealkylation sites (tertiary alicyclic amines) is 1. The molecule has 2 aliphatic heterocycles. The topological polar surface area (TPSA) is 58.0 Å². The van der Waals surface area contributed by atoms with E-state index in [2.05, 4.69) is 10.1 Å². The second-order valence-corrected chi connectivity index (χ2v) is 4.38. The van der Waals surface area contributed by atoms with Gasteiger partial charge in [-0.3, -0.25) is 9.78 Å². The van der Waals surface area contributed by atoms with Crippen LogP contribution in [0.4, 0.5) is 0 Å². The first kappa shape index (κ1) is 11.0. The fourth-order valence-corrected chi connectivity index (χ4v) is 2.27. The first-order chi connectivity index (χ1) is 8.84. The highest BCUT2D eigenvalue weighted by atomic mass is 16.5. The van der Waals surface area contributed by atoms with Crippen LogP contribution in [0.3, 0.4) is 0 Å². The van der Waals surface area contributed by atoms with Crippen molar-refractivity contribution in [2.24, 2.45) is 5.10 Å². The Labute approximate surface area is 105 Å². The molecule has 1 aromatic heterocycles. The van der Waals surface area contributed by atoms with Gasteiger partial charge in [0.05, 0.1) is 0 Å². The van der Waals surface area contributed by atoms with Gasteiger partial charge in [-0.05, 0) is 24.1 Å². The lowest BCUT2D eigenvalue weighted by Crippen LogP contribution is -2.38. The molecule has 94 valence electrons. The van der Waals surface area contributed by atoms with E-state index < -0.39 is 0 Å². The minimum absolute atomic E-state index is 0.120. The second kappa shape index (κ2) is 4.64. The monoisotopic (exact) mass is 246 g/mol. The fraction of sp³-hybridized carbons (Fsp3) is 0.417. The van der Waals surface area contributed by atoms with Crippen LogP contribution in [0.5, 0.6) is 0 Å². The van der Waals surface area contributed by atoms with E-state index in [1.807, 2.05) is 17.0 Å². The Hall–Kier alpha value is -2.11. The zero-order chi connectivity index (χ0) is 12.4. The van der Waals surface area contributed by atoms with E-state index in [0.29, 0.717) is 13.3 Å². The lowest BCUT2D eigenvalue weighted by atomic mass is 10.2. The molecule has 0 aromatic carbocycles. The molecule has 0 bridgehead atoms. The van der Waals surface area contributed by atoms with Gasteiger partial charge in [0.1, 0.15) is 6.04 Å². The molecule has 0 saturated carbocycles. The van der Waals surface area contributed by atoms with Crippen molar-refractivity contribution in [2.75, 3.05) is 13.3 Å². The van der Waals surface area contributed by atoms with Crippen LogP contribution in [-0.2, 0) is 16.1 Å². The first-order valence-corrected chi connectivity index (χ1v) is 5.93. The highest BCUT2D eigenvalue weighted by Gasteiger charge is 2.36. The predicted octanol–water partition coefficient (Wildman–Crippen LogP) is 0.415. The zero-order valence-corrected chi connectivity index (χ0v) is 9.90. The van der Waals surface area contributed by atoms with Gasteiger partial charge in [-0.15, -0.1) is 5.10 Å². The van der Waals surface area contributed by atoms with E-state index in [9.17, 15) is 4.79 Å². The summed E-state index contributed by atoms with van der Waals surface area (Å²) in [6.45, 7) is 1.77. The van der Waals surface area contributed by atoms with E-state index >= 15 is 0 Å². The molecule has 1 saturated heterocycles. The summed E-state index contributed by atoms with van der Waals surface area (Å²) >= 11 is 0. The number of carbonyl (C=O) groups is 1. The molecule has 1 atom stereocenters. The lowest BCUT2D eigenvalue weighted by molar-refractivity contribution is -0.133. The molecule has 1 amide bonds. The Bertz CT molecular complexity index is 462. The van der Waals surface area contributed by atoms with Gasteiger partial charge in [-0.25, -0.2) is 5.01 Å². The maximum Gasteiger partial charge on any atom is 0.247 e. The van der Waals surface area contributed by atoms with Gasteiger partial charge in [0.25, 0.3) is 0 Å². The molecule has 0 spiro atoms. The van der Waals surface area contributed by atoms with E-state index in [-0.39, 0.29) is 11.9 Å². The van der Waals surface area contributed by atoms with Crippen LogP contribution in [0.1, 0.15) is 12.0 Å². The van der Waals surface area contributed by atoms with Crippen LogP contribution in [0.15, 0.2) is 29.6 Å². The Morgan fingerprint density at radius 3 is 2.94 bits per heavy atom. The Morgan fingerprint density at radius 1 is 1.39 bits per heavy atom. The summed E-state index contributed by atoms with van der Waals surface area (Å²) in [4.78, 5) is 18.1. The number of pyridine rings is 1. The molecule has 3 heterocycles. The molecule has 1 fully saturated rings. The molecule has 1 aromatic rings. The predicted molar refractivity (Wildman–Crippen MR) is 64.3 cm³/mol. The third kappa shape index (κ3) is 2.01. The summed E-state index contributed by atoms with van der Waals surface area (Å²) in [6.07, 6.45) is 5.67. The SMILES string of the molecule is O=C1C(N2COC=N2)CCN1Cc1ccncc1. The molecule has 3 rings (SSSR count). The van der Waals surface area contributed by atoms with Crippen molar-refractivity contribution in [1.29, 1.82) is 0 Å². The second-order valence-electron chi connectivity index (χ2n) is 4.38. The smallest absolute Gasteiger partial charge is 0.247 e. The minimum atomic E-state index is -0.175. The van der Waals surface area contributed by atoms with Gasteiger partial charge in [0.2, 0.25) is 5.91 Å². The molecule has 0 N–H and O–H groups in total. The molecule has 6 nitrogen and oxygen atoms in total. The summed E-state index contributed by atoms with van der Waals surface area (Å²) in [5.74, 6) is 0.120. The number of hydrogen-bond acceptors (Lipinski definition) is 5. The number of nitrogens with zero attached hydrogens (tertiary/aromatic N) is 4. The van der Waals surface area contributed by atoms with Crippen molar-refractivity contribution >= 4 is 12.3 Å². The number of aromatic nitrogens is 1. The van der Waals surface area contributed by atoms with Crippen molar-refractivity contribution in [2.45, 2.75) is 19.0 Å². The summed E-state index contributed by atoms with van der Waals surface area (Å²) in [6, 6.07) is 3.68. The molecular weight excluding hydrogens is 232 g/mol. The number of carbonyl (C=O) groups excluding carboxylic acids is 1. The zero-order valence-electron chi connectivity index (χ0n) is 9.90. The highest BCUT2D eigenvalue weighted by Crippen LogP contribution is 2.20. The Kier molecular flexibility index (Phi) is 2.84. The largest absolute Gasteiger partial charge is 0.460 e. The van der Waals surface area contributed by atoms with Crippen LogP contribution in [0.2, 0.25) is 0 Å². The molecule has 18 heavy (non-hydrogen) atoms. The van der Waals surface area contributed by atoms with Crippen LogP contribution in [-0.4, -0.2) is 46.5 Å². The third-order valence-corrected chi connectivity index (χ3v) is 3.23. The summed E-state index contributed by atoms with van der Waals surface area (Å²) in [5, 5.41) is 5.74. The van der Waals surface area contributed by atoms with E-state index in [4.69, 9.17) is 4.74 Å². The number of ether oxygens (including phenoxy) is 1. The number of hydrogen-bond donors (Lipinski definition) is 0. The highest BCUT2D eigenvalue weighted by molar-refractivity contribution is 5.84. The standard InChI is InChI=1S/C12H14N4O2/c17-12-11(16-9-18-8-14-16)3-6-15(12)7-10-1-4-13-5-2-10/h1-2,4-5,8,11H,3,6-7,9H2. The molecule has 6 heteroatoms. The van der Waals surface area contributed by atoms with Crippen molar-refractivity contribution in [1.82, 2.24) is 14.9 Å². The normalized spacial score (nSPS) is 22.7. The first-order valence-electron chi connectivity index (χ1n) is 5.93. The van der Waals surface area contributed by atoms with Crippen molar-refractivity contribution < 1.29 is 9.53 Å². The molecule has 1 unspecified atom stereocenters. The molecule has 2 aliphatic rings. The maximum atomic E-state index is 12.2. The number of amides is 1. The van der Waals surface area contributed by atoms with Gasteiger partial charge in [-0.1, -0.05) is 0 Å². The average molecular weight is 246 g/mol. The van der Waals surface area contributed by atoms with Gasteiger partial charge in [-0.2, -0.15) is 0 Å². The quantitative estimate of drug-likeness (QED) is 0.775. The number of hydrazone groups is 1. The fourth-order valence-electron chi connectivity index (χ4n) is 2.27. The summed E-state index contributed by atoms with van der Waals surface area (Å²) in [7, 11) is 0. The van der Waals surface area contributed by atoms with Crippen LogP contribution in [0, 0.1) is 0 Å². The molecule has 0 aliphatic carbocycles. The Morgan fingerprint density at radius 2 is 2.22 bits per heavy atom. The Balaban J connectivity index is 1.65. The van der Waals surface area contributed by atoms with E-state index in [1.165, 1.54) is 6.40 Å². The number of rotatable bonds is 3. The summed E-state index contributed by atoms with van der Waals surface area (Å²) < 4.78 is 5.03. The van der Waals surface area contributed by atoms with Crippen molar-refractivity contribution in [3.63, 3.8) is 0 Å². The van der Waals surface area contributed by atoms with Gasteiger partial charge < -0.3 is 9.64 Å². The van der Waals surface area contributed by atoms with Crippen molar-refractivity contribution in [3.8, 4) is 0 Å². The van der Waals surface area contributed by atoms with Crippen LogP contribution < -0.4 is 0 Å². The maximum absolute atomic E-state index is 12.2. The van der Waals surface area contributed by atoms with E-state index in [1.54, 1.807) is 17.4 Å². The van der Waals surface area contributed by atoms with Crippen LogP contribution >= 0.6 is 0 Å². The van der Waals surface area contributed by atoms with Crippen molar-refractivity contribution in [3.05, 3.63) is 30.1 Å².